The lowest BCUT2D eigenvalue weighted by atomic mass is 10.0. The molecule has 330 valence electrons. The zero-order valence-corrected chi connectivity index (χ0v) is 36.6. The van der Waals surface area contributed by atoms with Gasteiger partial charge in [-0.15, -0.1) is 0 Å². The van der Waals surface area contributed by atoms with Crippen molar-refractivity contribution in [1.29, 1.82) is 0 Å². The molecule has 0 saturated carbocycles. The van der Waals surface area contributed by atoms with Crippen LogP contribution in [-0.4, -0.2) is 59.9 Å². The maximum Gasteiger partial charge on any atom is 0.472 e. The quantitative estimate of drug-likeness (QED) is 0.0231. The van der Waals surface area contributed by atoms with Crippen LogP contribution in [0.25, 0.3) is 0 Å². The first-order valence-electron chi connectivity index (χ1n) is 22.7. The van der Waals surface area contributed by atoms with Gasteiger partial charge in [-0.05, 0) is 38.5 Å². The zero-order valence-electron chi connectivity index (χ0n) is 35.7. The monoisotopic (exact) mass is 818 g/mol. The van der Waals surface area contributed by atoms with Crippen molar-refractivity contribution in [2.75, 3.05) is 19.8 Å². The lowest BCUT2D eigenvalue weighted by molar-refractivity contribution is -0.161. The first kappa shape index (κ1) is 54.2. The molecule has 4 N–H and O–H groups in total. The summed E-state index contributed by atoms with van der Waals surface area (Å²) in [6, 6.07) is -1.52. The van der Waals surface area contributed by atoms with Crippen LogP contribution in [0.4, 0.5) is 0 Å². The molecule has 0 fully saturated rings. The Morgan fingerprint density at radius 1 is 0.536 bits per heavy atom. The van der Waals surface area contributed by atoms with Crippen LogP contribution in [0, 0.1) is 0 Å². The van der Waals surface area contributed by atoms with E-state index in [0.29, 0.717) is 12.8 Å². The van der Waals surface area contributed by atoms with Crippen LogP contribution in [0.15, 0.2) is 12.2 Å². The summed E-state index contributed by atoms with van der Waals surface area (Å²) in [5.41, 5.74) is 5.34. The van der Waals surface area contributed by atoms with Gasteiger partial charge in [0.05, 0.1) is 13.2 Å². The Hall–Kier alpha value is -1.78. The second kappa shape index (κ2) is 40.0. The second-order valence-corrected chi connectivity index (χ2v) is 17.0. The molecule has 11 nitrogen and oxygen atoms in total. The molecule has 0 aromatic carbocycles. The van der Waals surface area contributed by atoms with E-state index in [1.165, 1.54) is 141 Å². The van der Waals surface area contributed by atoms with Crippen LogP contribution in [0.3, 0.4) is 0 Å². The molecule has 0 radical (unpaired) electrons. The van der Waals surface area contributed by atoms with E-state index in [1.807, 2.05) is 0 Å². The number of carbonyl (C=O) groups excluding carboxylic acids is 2. The molecule has 0 aromatic heterocycles. The number of carboxylic acids is 1. The third kappa shape index (κ3) is 39.1. The molecule has 0 aliphatic rings. The van der Waals surface area contributed by atoms with Crippen molar-refractivity contribution in [3.05, 3.63) is 12.2 Å². The highest BCUT2D eigenvalue weighted by molar-refractivity contribution is 7.47. The van der Waals surface area contributed by atoms with Crippen molar-refractivity contribution < 1.29 is 47.5 Å². The van der Waals surface area contributed by atoms with E-state index >= 15 is 0 Å². The van der Waals surface area contributed by atoms with Gasteiger partial charge in [-0.1, -0.05) is 180 Å². The molecule has 12 heteroatoms. The maximum atomic E-state index is 12.6. The van der Waals surface area contributed by atoms with E-state index in [0.717, 1.165) is 38.5 Å². The number of aliphatic carboxylic acids is 1. The number of rotatable bonds is 43. The first-order chi connectivity index (χ1) is 27.1. The summed E-state index contributed by atoms with van der Waals surface area (Å²) >= 11 is 0. The molecule has 0 saturated heterocycles. The number of carboxylic acid groups (broad SMARTS) is 1. The van der Waals surface area contributed by atoms with Gasteiger partial charge in [0.15, 0.2) is 6.10 Å². The van der Waals surface area contributed by atoms with Crippen LogP contribution in [-0.2, 0) is 37.5 Å². The van der Waals surface area contributed by atoms with Crippen LogP contribution < -0.4 is 5.73 Å². The summed E-state index contributed by atoms with van der Waals surface area (Å²) in [7, 11) is -4.71. The fourth-order valence-electron chi connectivity index (χ4n) is 6.41. The highest BCUT2D eigenvalue weighted by Crippen LogP contribution is 2.43. The van der Waals surface area contributed by atoms with E-state index in [-0.39, 0.29) is 19.4 Å². The Labute approximate surface area is 341 Å². The van der Waals surface area contributed by atoms with Crippen molar-refractivity contribution in [3.63, 3.8) is 0 Å². The van der Waals surface area contributed by atoms with Crippen molar-refractivity contribution >= 4 is 25.7 Å². The lowest BCUT2D eigenvalue weighted by Crippen LogP contribution is -2.34. The topological polar surface area (TPSA) is 172 Å². The Bertz CT molecular complexity index is 1010. The fraction of sp³-hybridized carbons (Fsp3) is 0.886. The first-order valence-corrected chi connectivity index (χ1v) is 24.2. The molecule has 0 amide bonds. The highest BCUT2D eigenvalue weighted by atomic mass is 31.2. The molecule has 56 heavy (non-hydrogen) atoms. The van der Waals surface area contributed by atoms with Gasteiger partial charge in [0.25, 0.3) is 0 Å². The van der Waals surface area contributed by atoms with Gasteiger partial charge in [-0.25, -0.2) is 4.57 Å². The predicted molar refractivity (Wildman–Crippen MR) is 226 cm³/mol. The van der Waals surface area contributed by atoms with Crippen molar-refractivity contribution in [1.82, 2.24) is 0 Å². The summed E-state index contributed by atoms with van der Waals surface area (Å²) in [4.78, 5) is 46.0. The zero-order chi connectivity index (χ0) is 41.4. The molecule has 1 unspecified atom stereocenters. The minimum atomic E-state index is -4.71. The summed E-state index contributed by atoms with van der Waals surface area (Å²) in [5, 5.41) is 8.89. The van der Waals surface area contributed by atoms with Gasteiger partial charge in [0, 0.05) is 12.8 Å². The van der Waals surface area contributed by atoms with Gasteiger partial charge in [-0.2, -0.15) is 0 Å². The number of hydrogen-bond acceptors (Lipinski definition) is 9. The molecule has 0 aliphatic carbocycles. The van der Waals surface area contributed by atoms with E-state index in [9.17, 15) is 23.8 Å². The van der Waals surface area contributed by atoms with E-state index in [4.69, 9.17) is 24.8 Å². The minimum Gasteiger partial charge on any atom is -0.480 e. The van der Waals surface area contributed by atoms with Crippen molar-refractivity contribution in [3.8, 4) is 0 Å². The average Bonchev–Trinajstić information content (AvgIpc) is 3.17. The smallest absolute Gasteiger partial charge is 0.472 e. The molecule has 0 rings (SSSR count). The molecule has 0 heterocycles. The normalized spacial score (nSPS) is 13.8. The number of esters is 2. The van der Waals surface area contributed by atoms with Crippen LogP contribution in [0.2, 0.25) is 0 Å². The summed E-state index contributed by atoms with van der Waals surface area (Å²) < 4.78 is 32.7. The van der Waals surface area contributed by atoms with E-state index in [1.54, 1.807) is 0 Å². The predicted octanol–water partition coefficient (Wildman–Crippen LogP) is 12.1. The maximum absolute atomic E-state index is 12.6. The van der Waals surface area contributed by atoms with Crippen LogP contribution >= 0.6 is 7.82 Å². The molecule has 0 aliphatic heterocycles. The van der Waals surface area contributed by atoms with Crippen molar-refractivity contribution in [2.24, 2.45) is 5.73 Å². The fourth-order valence-corrected chi connectivity index (χ4v) is 7.19. The number of hydrogen-bond donors (Lipinski definition) is 3. The van der Waals surface area contributed by atoms with Crippen LogP contribution in [0.5, 0.6) is 0 Å². The number of allylic oxidation sites excluding steroid dienone is 2. The van der Waals surface area contributed by atoms with E-state index in [2.05, 4.69) is 30.5 Å². The minimum absolute atomic E-state index is 0.163. The SMILES string of the molecule is CCCCCCCC/C=C\CCCCCCCCCCCC(=O)O[C@H](COC(=O)CCCCCCCCCCCCCCC)COP(=O)(O)OC[C@H](N)C(=O)O. The van der Waals surface area contributed by atoms with Gasteiger partial charge in [-0.3, -0.25) is 23.4 Å². The number of unbranched alkanes of at least 4 members (excludes halogenated alkanes) is 27. The standard InChI is InChI=1S/C44H84NO10P/c1-3-5-7-9-11-13-15-17-18-19-20-21-22-24-26-28-30-32-34-36-43(47)55-40(38-53-56(50,51)54-39-41(45)44(48)49)37-52-42(46)35-33-31-29-27-25-23-16-14-12-10-8-6-4-2/h17-18,40-41H,3-16,19-39,45H2,1-2H3,(H,48,49)(H,50,51)/b18-17-/t40-,41+/m1/s1. The second-order valence-electron chi connectivity index (χ2n) is 15.5. The molecule has 3 atom stereocenters. The van der Waals surface area contributed by atoms with Gasteiger partial charge >= 0.3 is 25.7 Å². The molecular weight excluding hydrogens is 733 g/mol. The number of phosphoric ester groups is 1. The summed E-state index contributed by atoms with van der Waals surface area (Å²) in [6.45, 7) is 2.82. The van der Waals surface area contributed by atoms with Crippen LogP contribution in [0.1, 0.15) is 219 Å². The Balaban J connectivity index is 4.29. The lowest BCUT2D eigenvalue weighted by Gasteiger charge is -2.20. The van der Waals surface area contributed by atoms with Gasteiger partial charge in [0.1, 0.15) is 12.6 Å². The van der Waals surface area contributed by atoms with E-state index < -0.39 is 51.1 Å². The van der Waals surface area contributed by atoms with Gasteiger partial charge < -0.3 is 25.2 Å². The summed E-state index contributed by atoms with van der Waals surface area (Å²) in [6.07, 6.45) is 39.8. The number of ether oxygens (including phenoxy) is 2. The van der Waals surface area contributed by atoms with Crippen molar-refractivity contribution in [2.45, 2.75) is 231 Å². The Morgan fingerprint density at radius 3 is 1.30 bits per heavy atom. The largest absolute Gasteiger partial charge is 0.480 e. The number of phosphoric acid groups is 1. The number of nitrogens with two attached hydrogens (primary N) is 1. The molecule has 0 spiro atoms. The third-order valence-electron chi connectivity index (χ3n) is 10.0. The third-order valence-corrected chi connectivity index (χ3v) is 11.0. The number of carbonyl (C=O) groups is 3. The Kier molecular flexibility index (Phi) is 38.7. The molecular formula is C44H84NO10P. The van der Waals surface area contributed by atoms with Gasteiger partial charge in [0.2, 0.25) is 0 Å². The Morgan fingerprint density at radius 2 is 0.893 bits per heavy atom. The average molecular weight is 818 g/mol. The molecule has 0 bridgehead atoms. The highest BCUT2D eigenvalue weighted by Gasteiger charge is 2.28. The summed E-state index contributed by atoms with van der Waals surface area (Å²) in [5.74, 6) is -2.37. The molecule has 0 aromatic rings.